The van der Waals surface area contributed by atoms with Crippen molar-refractivity contribution in [3.05, 3.63) is 64.6 Å². The molecule has 0 atom stereocenters. The van der Waals surface area contributed by atoms with Crippen molar-refractivity contribution in [2.45, 2.75) is 19.8 Å². The summed E-state index contributed by atoms with van der Waals surface area (Å²) in [7, 11) is 0. The second kappa shape index (κ2) is 9.78. The molecule has 0 unspecified atom stereocenters. The van der Waals surface area contributed by atoms with E-state index in [1.165, 1.54) is 24.4 Å². The smallest absolute Gasteiger partial charge is 0.266 e. The van der Waals surface area contributed by atoms with Crippen molar-refractivity contribution in [2.24, 2.45) is 5.92 Å². The number of carbonyl (C=O) groups is 1. The predicted octanol–water partition coefficient (Wildman–Crippen LogP) is 5.84. The van der Waals surface area contributed by atoms with E-state index in [-0.39, 0.29) is 22.1 Å². The number of hydrogen-bond acceptors (Lipinski definition) is 6. The molecule has 3 aromatic rings. The van der Waals surface area contributed by atoms with Gasteiger partial charge in [0.05, 0.1) is 34.1 Å². The van der Waals surface area contributed by atoms with Gasteiger partial charge in [-0.15, -0.1) is 0 Å². The average Bonchev–Trinajstić information content (AvgIpc) is 3.65. The Kier molecular flexibility index (Phi) is 6.62. The van der Waals surface area contributed by atoms with Crippen LogP contribution in [-0.2, 0) is 4.79 Å². The number of fused-ring (bicyclic) bond motifs is 1. The van der Waals surface area contributed by atoms with E-state index in [1.54, 1.807) is 25.1 Å². The van der Waals surface area contributed by atoms with Gasteiger partial charge in [0, 0.05) is 23.3 Å². The molecule has 0 radical (unpaired) electrons. The summed E-state index contributed by atoms with van der Waals surface area (Å²) in [5.74, 6) is -0.478. The number of allylic oxidation sites excluding steroid dienone is 1. The Balaban J connectivity index is 1.80. The molecular formula is C25H19ClFN5O2. The number of aromatic nitrogens is 1. The van der Waals surface area contributed by atoms with Gasteiger partial charge in [0.25, 0.3) is 5.91 Å². The van der Waals surface area contributed by atoms with Gasteiger partial charge in [-0.3, -0.25) is 9.78 Å². The van der Waals surface area contributed by atoms with Crippen molar-refractivity contribution in [1.29, 1.82) is 10.5 Å². The van der Waals surface area contributed by atoms with Crippen LogP contribution >= 0.6 is 11.6 Å². The number of halogens is 2. The largest absolute Gasteiger partial charge is 0.492 e. The fourth-order valence-corrected chi connectivity index (χ4v) is 3.56. The van der Waals surface area contributed by atoms with E-state index in [9.17, 15) is 19.7 Å². The third-order valence-electron chi connectivity index (χ3n) is 5.22. The lowest BCUT2D eigenvalue weighted by Gasteiger charge is -2.16. The fourth-order valence-electron chi connectivity index (χ4n) is 3.38. The van der Waals surface area contributed by atoms with Crippen LogP contribution in [0.25, 0.3) is 10.9 Å². The van der Waals surface area contributed by atoms with E-state index < -0.39 is 11.7 Å². The van der Waals surface area contributed by atoms with Crippen molar-refractivity contribution in [1.82, 2.24) is 4.98 Å². The van der Waals surface area contributed by atoms with Crippen LogP contribution in [0.1, 0.15) is 25.3 Å². The Morgan fingerprint density at radius 2 is 2.12 bits per heavy atom. The zero-order valence-electron chi connectivity index (χ0n) is 18.2. The van der Waals surface area contributed by atoms with Crippen molar-refractivity contribution in [3.63, 3.8) is 0 Å². The highest BCUT2D eigenvalue weighted by atomic mass is 35.5. The summed E-state index contributed by atoms with van der Waals surface area (Å²) in [5.41, 5.74) is 1.98. The summed E-state index contributed by atoms with van der Waals surface area (Å²) in [4.78, 5) is 17.1. The van der Waals surface area contributed by atoms with E-state index in [0.717, 1.165) is 12.8 Å². The standard InChI is InChI=1S/C25H19ClFN5O2/c1-2-34-23-10-21-18(9-22(23)32-25(33)15(11-28)7-14-3-4-14)24(16(12-29)13-30-21)31-17-5-6-20(27)19(26)8-17/h5-10,13-14H,2-4H2,1H3,(H,30,31)(H,32,33). The van der Waals surface area contributed by atoms with Gasteiger partial charge < -0.3 is 15.4 Å². The molecular weight excluding hydrogens is 457 g/mol. The Morgan fingerprint density at radius 1 is 1.32 bits per heavy atom. The number of rotatable bonds is 7. The number of carbonyl (C=O) groups excluding carboxylic acids is 1. The highest BCUT2D eigenvalue weighted by Gasteiger charge is 2.23. The molecule has 0 bridgehead atoms. The number of benzene rings is 2. The molecule has 1 heterocycles. The van der Waals surface area contributed by atoms with Crippen LogP contribution in [0, 0.1) is 34.4 Å². The van der Waals surface area contributed by atoms with Gasteiger partial charge in [0.2, 0.25) is 0 Å². The van der Waals surface area contributed by atoms with Crippen LogP contribution in [0.15, 0.2) is 48.2 Å². The quantitative estimate of drug-likeness (QED) is 0.328. The maximum Gasteiger partial charge on any atom is 0.266 e. The lowest BCUT2D eigenvalue weighted by Crippen LogP contribution is -2.15. The summed E-state index contributed by atoms with van der Waals surface area (Å²) in [5, 5.41) is 25.4. The Labute approximate surface area is 200 Å². The first-order chi connectivity index (χ1) is 16.4. The van der Waals surface area contributed by atoms with Crippen LogP contribution in [0.5, 0.6) is 5.75 Å². The summed E-state index contributed by atoms with van der Waals surface area (Å²) in [6, 6.07) is 11.4. The molecule has 4 rings (SSSR count). The molecule has 7 nitrogen and oxygen atoms in total. The molecule has 2 aromatic carbocycles. The number of ether oxygens (including phenoxy) is 1. The molecule has 1 saturated carbocycles. The van der Waals surface area contributed by atoms with E-state index in [1.807, 2.05) is 6.07 Å². The molecule has 0 spiro atoms. The summed E-state index contributed by atoms with van der Waals surface area (Å²) < 4.78 is 19.3. The lowest BCUT2D eigenvalue weighted by atomic mass is 10.1. The minimum absolute atomic E-state index is 0.0354. The van der Waals surface area contributed by atoms with Crippen molar-refractivity contribution in [3.8, 4) is 17.9 Å². The predicted molar refractivity (Wildman–Crippen MR) is 127 cm³/mol. The van der Waals surface area contributed by atoms with Gasteiger partial charge in [-0.2, -0.15) is 10.5 Å². The Morgan fingerprint density at radius 3 is 2.76 bits per heavy atom. The highest BCUT2D eigenvalue weighted by molar-refractivity contribution is 6.31. The van der Waals surface area contributed by atoms with E-state index >= 15 is 0 Å². The van der Waals surface area contributed by atoms with Gasteiger partial charge in [-0.1, -0.05) is 17.7 Å². The van der Waals surface area contributed by atoms with Crippen LogP contribution in [0.3, 0.4) is 0 Å². The number of nitrogens with zero attached hydrogens (tertiary/aromatic N) is 3. The second-order valence-electron chi connectivity index (χ2n) is 7.69. The lowest BCUT2D eigenvalue weighted by molar-refractivity contribution is -0.112. The highest BCUT2D eigenvalue weighted by Crippen LogP contribution is 2.37. The Bertz CT molecular complexity index is 1400. The molecule has 9 heteroatoms. The second-order valence-corrected chi connectivity index (χ2v) is 8.10. The molecule has 1 fully saturated rings. The van der Waals surface area contributed by atoms with Gasteiger partial charge >= 0.3 is 0 Å². The third kappa shape index (κ3) is 4.93. The maximum absolute atomic E-state index is 13.6. The first kappa shape index (κ1) is 23.0. The normalized spacial score (nSPS) is 13.1. The van der Waals surface area contributed by atoms with Gasteiger partial charge in [0.15, 0.2) is 0 Å². The molecule has 1 aliphatic rings. The van der Waals surface area contributed by atoms with Gasteiger partial charge in [0.1, 0.15) is 29.3 Å². The number of nitriles is 2. The number of anilines is 3. The summed E-state index contributed by atoms with van der Waals surface area (Å²) in [6.07, 6.45) is 5.01. The van der Waals surface area contributed by atoms with Crippen molar-refractivity contribution < 1.29 is 13.9 Å². The van der Waals surface area contributed by atoms with E-state index in [4.69, 9.17) is 16.3 Å². The van der Waals surface area contributed by atoms with E-state index in [0.29, 0.717) is 40.3 Å². The number of pyridine rings is 1. The summed E-state index contributed by atoms with van der Waals surface area (Å²) in [6.45, 7) is 2.15. The number of amides is 1. The SMILES string of the molecule is CCOc1cc2ncc(C#N)c(Nc3ccc(F)c(Cl)c3)c2cc1NC(=O)C(C#N)=CC1CC1. The average molecular weight is 476 g/mol. The maximum atomic E-state index is 13.6. The van der Waals surface area contributed by atoms with Crippen LogP contribution in [0.2, 0.25) is 5.02 Å². The third-order valence-corrected chi connectivity index (χ3v) is 5.51. The van der Waals surface area contributed by atoms with Crippen LogP contribution < -0.4 is 15.4 Å². The minimum Gasteiger partial charge on any atom is -0.492 e. The zero-order chi connectivity index (χ0) is 24.2. The molecule has 0 saturated heterocycles. The molecule has 1 aromatic heterocycles. The van der Waals surface area contributed by atoms with Crippen LogP contribution in [-0.4, -0.2) is 17.5 Å². The van der Waals surface area contributed by atoms with E-state index in [2.05, 4.69) is 21.7 Å². The number of nitrogens with one attached hydrogen (secondary N) is 2. The minimum atomic E-state index is -0.564. The molecule has 170 valence electrons. The van der Waals surface area contributed by atoms with Crippen molar-refractivity contribution >= 4 is 45.5 Å². The van der Waals surface area contributed by atoms with Crippen LogP contribution in [0.4, 0.5) is 21.5 Å². The first-order valence-electron chi connectivity index (χ1n) is 10.6. The molecule has 0 aliphatic heterocycles. The zero-order valence-corrected chi connectivity index (χ0v) is 18.9. The fraction of sp³-hybridized carbons (Fsp3) is 0.200. The Hall–Kier alpha value is -4.14. The molecule has 1 amide bonds. The molecule has 1 aliphatic carbocycles. The first-order valence-corrected chi connectivity index (χ1v) is 11.0. The topological polar surface area (TPSA) is 111 Å². The molecule has 34 heavy (non-hydrogen) atoms. The van der Waals surface area contributed by atoms with Gasteiger partial charge in [-0.05, 0) is 49.9 Å². The van der Waals surface area contributed by atoms with Crippen molar-refractivity contribution in [2.75, 3.05) is 17.2 Å². The molecule has 2 N–H and O–H groups in total. The number of hydrogen-bond donors (Lipinski definition) is 2. The van der Waals surface area contributed by atoms with Gasteiger partial charge in [-0.25, -0.2) is 4.39 Å². The monoisotopic (exact) mass is 475 g/mol. The summed E-state index contributed by atoms with van der Waals surface area (Å²) >= 11 is 5.91.